The molecular formula is C16H24N2O. The molecule has 0 spiro atoms. The zero-order valence-electron chi connectivity index (χ0n) is 12.9. The third kappa shape index (κ3) is 3.34. The van der Waals surface area contributed by atoms with E-state index in [2.05, 4.69) is 52.8 Å². The molecule has 2 rings (SSSR count). The molecule has 0 saturated heterocycles. The van der Waals surface area contributed by atoms with E-state index in [0.717, 1.165) is 35.2 Å². The Hall–Kier alpha value is -1.38. The SMILES string of the molecule is CC(C)(C)CCc1nc(C(C)(C)C)cc2cnoc12. The fourth-order valence-electron chi connectivity index (χ4n) is 1.99. The topological polar surface area (TPSA) is 38.9 Å². The lowest BCUT2D eigenvalue weighted by Gasteiger charge is -2.20. The molecule has 0 aromatic carbocycles. The van der Waals surface area contributed by atoms with Crippen LogP contribution in [-0.2, 0) is 11.8 Å². The summed E-state index contributed by atoms with van der Waals surface area (Å²) in [6.45, 7) is 13.3. The zero-order chi connectivity index (χ0) is 14.3. The Labute approximate surface area is 115 Å². The monoisotopic (exact) mass is 260 g/mol. The molecule has 0 saturated carbocycles. The van der Waals surface area contributed by atoms with Gasteiger partial charge in [0.05, 0.1) is 11.9 Å². The van der Waals surface area contributed by atoms with Gasteiger partial charge < -0.3 is 4.52 Å². The van der Waals surface area contributed by atoms with Gasteiger partial charge in [-0.3, -0.25) is 4.98 Å². The minimum atomic E-state index is 0.0436. The maximum atomic E-state index is 5.37. The Morgan fingerprint density at radius 2 is 1.79 bits per heavy atom. The third-order valence-corrected chi connectivity index (χ3v) is 3.29. The van der Waals surface area contributed by atoms with Crippen molar-refractivity contribution < 1.29 is 4.52 Å². The highest BCUT2D eigenvalue weighted by molar-refractivity contribution is 5.78. The number of hydrogen-bond donors (Lipinski definition) is 0. The smallest absolute Gasteiger partial charge is 0.188 e. The number of nitrogens with zero attached hydrogens (tertiary/aromatic N) is 2. The molecule has 0 radical (unpaired) electrons. The molecule has 2 aromatic heterocycles. The molecule has 3 heteroatoms. The first kappa shape index (κ1) is 14.0. The number of aromatic nitrogens is 2. The molecule has 2 heterocycles. The fourth-order valence-corrected chi connectivity index (χ4v) is 1.99. The average molecular weight is 260 g/mol. The molecule has 2 aromatic rings. The summed E-state index contributed by atoms with van der Waals surface area (Å²) in [6.07, 6.45) is 3.80. The van der Waals surface area contributed by atoms with Crippen molar-refractivity contribution in [1.29, 1.82) is 0 Å². The number of fused-ring (bicyclic) bond motifs is 1. The Morgan fingerprint density at radius 3 is 2.37 bits per heavy atom. The van der Waals surface area contributed by atoms with Crippen LogP contribution < -0.4 is 0 Å². The van der Waals surface area contributed by atoms with Gasteiger partial charge in [-0.25, -0.2) is 0 Å². The van der Waals surface area contributed by atoms with Crippen LogP contribution in [0.3, 0.4) is 0 Å². The summed E-state index contributed by atoms with van der Waals surface area (Å²) in [4.78, 5) is 4.81. The summed E-state index contributed by atoms with van der Waals surface area (Å²) in [5.41, 5.74) is 3.33. The minimum Gasteiger partial charge on any atom is -0.354 e. The molecule has 0 N–H and O–H groups in total. The van der Waals surface area contributed by atoms with Crippen molar-refractivity contribution in [1.82, 2.24) is 10.1 Å². The van der Waals surface area contributed by atoms with Crippen LogP contribution in [0.1, 0.15) is 59.4 Å². The van der Waals surface area contributed by atoms with Crippen LogP contribution >= 0.6 is 0 Å². The molecule has 3 nitrogen and oxygen atoms in total. The highest BCUT2D eigenvalue weighted by Gasteiger charge is 2.20. The molecule has 19 heavy (non-hydrogen) atoms. The highest BCUT2D eigenvalue weighted by Crippen LogP contribution is 2.28. The van der Waals surface area contributed by atoms with Crippen molar-refractivity contribution in [3.05, 3.63) is 23.7 Å². The Kier molecular flexibility index (Phi) is 3.41. The quantitative estimate of drug-likeness (QED) is 0.798. The van der Waals surface area contributed by atoms with Gasteiger partial charge in [-0.1, -0.05) is 46.7 Å². The summed E-state index contributed by atoms with van der Waals surface area (Å²) in [5, 5.41) is 4.97. The molecule has 0 bridgehead atoms. The van der Waals surface area contributed by atoms with Crippen LogP contribution in [-0.4, -0.2) is 10.1 Å². The van der Waals surface area contributed by atoms with Crippen molar-refractivity contribution in [3.63, 3.8) is 0 Å². The van der Waals surface area contributed by atoms with Gasteiger partial charge in [0.25, 0.3) is 0 Å². The molecule has 0 atom stereocenters. The Morgan fingerprint density at radius 1 is 1.11 bits per heavy atom. The first-order valence-corrected chi connectivity index (χ1v) is 6.92. The van der Waals surface area contributed by atoms with E-state index in [0.29, 0.717) is 5.41 Å². The first-order valence-electron chi connectivity index (χ1n) is 6.92. The summed E-state index contributed by atoms with van der Waals surface area (Å²) >= 11 is 0. The second kappa shape index (κ2) is 4.62. The first-order chi connectivity index (χ1) is 8.67. The maximum Gasteiger partial charge on any atom is 0.188 e. The van der Waals surface area contributed by atoms with Gasteiger partial charge in [0.2, 0.25) is 0 Å². The standard InChI is InChI=1S/C16H24N2O/c1-15(2,3)8-7-12-14-11(10-17-19-14)9-13(18-12)16(4,5)6/h9-10H,7-8H2,1-6H3. The van der Waals surface area contributed by atoms with Crippen LogP contribution in [0.15, 0.2) is 16.8 Å². The predicted molar refractivity (Wildman–Crippen MR) is 78.3 cm³/mol. The van der Waals surface area contributed by atoms with Crippen LogP contribution in [0.25, 0.3) is 11.0 Å². The van der Waals surface area contributed by atoms with Gasteiger partial charge in [-0.05, 0) is 24.3 Å². The van der Waals surface area contributed by atoms with Crippen molar-refractivity contribution in [2.75, 3.05) is 0 Å². The van der Waals surface area contributed by atoms with Gasteiger partial charge in [0.15, 0.2) is 5.58 Å². The van der Waals surface area contributed by atoms with Crippen LogP contribution in [0.4, 0.5) is 0 Å². The van der Waals surface area contributed by atoms with Crippen molar-refractivity contribution >= 4 is 11.0 Å². The Balaban J connectivity index is 2.43. The summed E-state index contributed by atoms with van der Waals surface area (Å²) in [7, 11) is 0. The summed E-state index contributed by atoms with van der Waals surface area (Å²) in [6, 6.07) is 2.09. The third-order valence-electron chi connectivity index (χ3n) is 3.29. The lowest BCUT2D eigenvalue weighted by molar-refractivity contribution is 0.374. The molecule has 0 aliphatic rings. The van der Waals surface area contributed by atoms with E-state index in [4.69, 9.17) is 9.51 Å². The van der Waals surface area contributed by atoms with E-state index in [-0.39, 0.29) is 5.41 Å². The van der Waals surface area contributed by atoms with Gasteiger partial charge in [0, 0.05) is 16.5 Å². The van der Waals surface area contributed by atoms with Gasteiger partial charge >= 0.3 is 0 Å². The summed E-state index contributed by atoms with van der Waals surface area (Å²) in [5.74, 6) is 0. The lowest BCUT2D eigenvalue weighted by atomic mass is 9.88. The number of rotatable bonds is 2. The predicted octanol–water partition coefficient (Wildman–Crippen LogP) is 4.50. The van der Waals surface area contributed by atoms with Gasteiger partial charge in [-0.15, -0.1) is 0 Å². The number of pyridine rings is 1. The van der Waals surface area contributed by atoms with Crippen molar-refractivity contribution in [3.8, 4) is 0 Å². The zero-order valence-corrected chi connectivity index (χ0v) is 12.9. The molecule has 104 valence electrons. The average Bonchev–Trinajstić information content (AvgIpc) is 2.71. The van der Waals surface area contributed by atoms with E-state index < -0.39 is 0 Å². The molecule has 0 fully saturated rings. The highest BCUT2D eigenvalue weighted by atomic mass is 16.5. The van der Waals surface area contributed by atoms with Crippen molar-refractivity contribution in [2.24, 2.45) is 5.41 Å². The molecule has 0 aliphatic heterocycles. The van der Waals surface area contributed by atoms with E-state index in [1.54, 1.807) is 6.20 Å². The van der Waals surface area contributed by atoms with Crippen LogP contribution in [0.5, 0.6) is 0 Å². The van der Waals surface area contributed by atoms with E-state index in [1.165, 1.54) is 0 Å². The van der Waals surface area contributed by atoms with Gasteiger partial charge in [0.1, 0.15) is 0 Å². The Bertz CT molecular complexity index is 570. The second-order valence-corrected chi connectivity index (χ2v) is 7.51. The number of aryl methyl sites for hydroxylation is 1. The van der Waals surface area contributed by atoms with E-state index >= 15 is 0 Å². The molecule has 0 amide bonds. The van der Waals surface area contributed by atoms with Crippen LogP contribution in [0.2, 0.25) is 0 Å². The number of hydrogen-bond acceptors (Lipinski definition) is 3. The summed E-state index contributed by atoms with van der Waals surface area (Å²) < 4.78 is 5.37. The fraction of sp³-hybridized carbons (Fsp3) is 0.625. The second-order valence-electron chi connectivity index (χ2n) is 7.51. The lowest BCUT2D eigenvalue weighted by Crippen LogP contribution is -2.15. The molecular weight excluding hydrogens is 236 g/mol. The minimum absolute atomic E-state index is 0.0436. The largest absolute Gasteiger partial charge is 0.354 e. The van der Waals surface area contributed by atoms with E-state index in [9.17, 15) is 0 Å². The normalized spacial score (nSPS) is 13.2. The van der Waals surface area contributed by atoms with Gasteiger partial charge in [-0.2, -0.15) is 0 Å². The van der Waals surface area contributed by atoms with Crippen molar-refractivity contribution in [2.45, 2.75) is 59.8 Å². The molecule has 0 aliphatic carbocycles. The molecule has 0 unspecified atom stereocenters. The van der Waals surface area contributed by atoms with E-state index in [1.807, 2.05) is 0 Å². The maximum absolute atomic E-state index is 5.37. The van der Waals surface area contributed by atoms with Crippen LogP contribution in [0, 0.1) is 5.41 Å².